The maximum Gasteiger partial charge on any atom is 0.334 e. The maximum absolute atomic E-state index is 13.9. The van der Waals surface area contributed by atoms with Crippen LogP contribution in [0.4, 0.5) is 15.1 Å². The minimum absolute atomic E-state index is 0.0935. The summed E-state index contributed by atoms with van der Waals surface area (Å²) in [5, 5.41) is 2.48. The molecule has 1 saturated heterocycles. The van der Waals surface area contributed by atoms with Gasteiger partial charge in [-0.25, -0.2) is 18.9 Å². The van der Waals surface area contributed by atoms with E-state index >= 15 is 0 Å². The molecule has 1 aromatic heterocycles. The number of likely N-dealkylation sites (N-methyl/N-ethyl adjacent to an activating group) is 1. The smallest absolute Gasteiger partial charge is 0.334 e. The summed E-state index contributed by atoms with van der Waals surface area (Å²) in [6, 6.07) is 9.54. The fraction of sp³-hybridized carbons (Fsp3) is 0.227. The molecule has 0 radical (unpaired) electrons. The third-order valence-corrected chi connectivity index (χ3v) is 6.75. The molecular formula is C22H23FN6O4S. The van der Waals surface area contributed by atoms with Gasteiger partial charge in [0.1, 0.15) is 5.82 Å². The number of nitrogens with zero attached hydrogens (tertiary/aromatic N) is 3. The molecule has 2 aromatic carbocycles. The van der Waals surface area contributed by atoms with E-state index < -0.39 is 28.0 Å². The number of benzene rings is 2. The highest BCUT2D eigenvalue weighted by Gasteiger charge is 2.27. The molecule has 12 heteroatoms. The lowest BCUT2D eigenvalue weighted by atomic mass is 9.97. The molecular weight excluding hydrogens is 463 g/mol. The minimum atomic E-state index is -4.42. The highest BCUT2D eigenvalue weighted by atomic mass is 32.2. The van der Waals surface area contributed by atoms with Crippen LogP contribution in [0.2, 0.25) is 0 Å². The first-order chi connectivity index (χ1) is 16.2. The van der Waals surface area contributed by atoms with Gasteiger partial charge < -0.3 is 16.0 Å². The Balaban J connectivity index is 1.81. The molecule has 178 valence electrons. The summed E-state index contributed by atoms with van der Waals surface area (Å²) in [5.74, 6) is -1.27. The highest BCUT2D eigenvalue weighted by molar-refractivity contribution is 7.88. The lowest BCUT2D eigenvalue weighted by Gasteiger charge is -2.17. The third-order valence-electron chi connectivity index (χ3n) is 5.46. The molecule has 3 amide bonds. The molecule has 1 aliphatic rings. The Morgan fingerprint density at radius 2 is 1.82 bits per heavy atom. The molecule has 3 aromatic rings. The van der Waals surface area contributed by atoms with Gasteiger partial charge in [0.05, 0.1) is 11.0 Å². The van der Waals surface area contributed by atoms with Gasteiger partial charge in [-0.3, -0.25) is 4.79 Å². The number of imidazole rings is 1. The Bertz CT molecular complexity index is 1410. The first kappa shape index (κ1) is 23.2. The average molecular weight is 487 g/mol. The van der Waals surface area contributed by atoms with Gasteiger partial charge in [0.15, 0.2) is 0 Å². The lowest BCUT2D eigenvalue weighted by Crippen LogP contribution is -2.43. The number of likely N-dealkylation sites (tertiary alicyclic amines) is 1. The molecule has 10 nitrogen and oxygen atoms in total. The molecule has 1 aliphatic heterocycles. The number of carbonyl (C=O) groups excluding carboxylic acids is 2. The van der Waals surface area contributed by atoms with Crippen molar-refractivity contribution in [3.8, 4) is 0 Å². The quantitative estimate of drug-likeness (QED) is 0.470. The van der Waals surface area contributed by atoms with Crippen molar-refractivity contribution in [2.45, 2.75) is 12.8 Å². The van der Waals surface area contributed by atoms with Crippen LogP contribution in [0, 0.1) is 5.82 Å². The second-order valence-electron chi connectivity index (χ2n) is 7.73. The van der Waals surface area contributed by atoms with Gasteiger partial charge in [-0.15, -0.1) is 0 Å². The number of carbonyl (C=O) groups is 2. The second kappa shape index (κ2) is 9.14. The summed E-state index contributed by atoms with van der Waals surface area (Å²) >= 11 is 0. The summed E-state index contributed by atoms with van der Waals surface area (Å²) in [5.41, 5.74) is 7.45. The number of urea groups is 1. The van der Waals surface area contributed by atoms with E-state index in [0.717, 1.165) is 16.8 Å². The van der Waals surface area contributed by atoms with E-state index in [9.17, 15) is 22.4 Å². The number of fused-ring (bicyclic) bond motifs is 1. The van der Waals surface area contributed by atoms with Crippen LogP contribution in [0.25, 0.3) is 16.6 Å². The third kappa shape index (κ3) is 4.57. The van der Waals surface area contributed by atoms with E-state index in [1.54, 1.807) is 12.1 Å². The molecule has 0 atom stereocenters. The molecule has 0 unspecified atom stereocenters. The van der Waals surface area contributed by atoms with Gasteiger partial charge in [0.2, 0.25) is 11.9 Å². The SMILES string of the molecule is CNC(=O)C=C(c1cccc(F)c1)c1ccc2nc(N)n(S(=O)(=O)NC(=O)N3CCCC3)c2c1. The zero-order chi connectivity index (χ0) is 24.5. The summed E-state index contributed by atoms with van der Waals surface area (Å²) < 4.78 is 42.8. The van der Waals surface area contributed by atoms with Crippen molar-refractivity contribution in [3.05, 3.63) is 65.5 Å². The topological polar surface area (TPSA) is 139 Å². The average Bonchev–Trinajstić information content (AvgIpc) is 3.44. The van der Waals surface area contributed by atoms with Gasteiger partial charge in [-0.05, 0) is 53.8 Å². The maximum atomic E-state index is 13.9. The molecule has 2 heterocycles. The Hall–Kier alpha value is -3.93. The number of nitrogens with one attached hydrogen (secondary N) is 2. The minimum Gasteiger partial charge on any atom is -0.368 e. The van der Waals surface area contributed by atoms with E-state index in [2.05, 4.69) is 10.3 Å². The number of nitrogens with two attached hydrogens (primary N) is 1. The number of nitrogen functional groups attached to an aromatic ring is 1. The predicted octanol–water partition coefficient (Wildman–Crippen LogP) is 1.83. The van der Waals surface area contributed by atoms with E-state index in [0.29, 0.717) is 29.8 Å². The number of hydrogen-bond acceptors (Lipinski definition) is 6. The van der Waals surface area contributed by atoms with Crippen molar-refractivity contribution >= 4 is 44.7 Å². The number of hydrogen-bond donors (Lipinski definition) is 3. The van der Waals surface area contributed by atoms with Gasteiger partial charge in [0.25, 0.3) is 0 Å². The Morgan fingerprint density at radius 1 is 1.12 bits per heavy atom. The van der Waals surface area contributed by atoms with Crippen LogP contribution in [0.1, 0.15) is 24.0 Å². The summed E-state index contributed by atoms with van der Waals surface area (Å²) in [4.78, 5) is 30.0. The molecule has 0 aliphatic carbocycles. The summed E-state index contributed by atoms with van der Waals surface area (Å²) in [6.07, 6.45) is 2.88. The van der Waals surface area contributed by atoms with Crippen LogP contribution in [0.15, 0.2) is 48.5 Å². The van der Waals surface area contributed by atoms with Crippen molar-refractivity contribution in [3.63, 3.8) is 0 Å². The Labute approximate surface area is 195 Å². The monoisotopic (exact) mass is 486 g/mol. The number of halogens is 1. The van der Waals surface area contributed by atoms with Crippen molar-refractivity contribution in [2.24, 2.45) is 0 Å². The Kier molecular flexibility index (Phi) is 6.24. The van der Waals surface area contributed by atoms with Crippen molar-refractivity contribution < 1.29 is 22.4 Å². The number of rotatable bonds is 5. The van der Waals surface area contributed by atoms with E-state index in [1.165, 1.54) is 48.4 Å². The normalized spacial score (nSPS) is 14.4. The van der Waals surface area contributed by atoms with Crippen LogP contribution < -0.4 is 15.8 Å². The van der Waals surface area contributed by atoms with Crippen molar-refractivity contribution in [2.75, 3.05) is 25.9 Å². The standard InChI is InChI=1S/C22H23FN6O4S/c1-25-20(30)13-17(14-5-4-6-16(23)11-14)15-7-8-18-19(12-15)29(21(24)26-18)34(32,33)27-22(31)28-9-2-3-10-28/h4-8,11-13H,2-3,9-10H2,1H3,(H2,24,26)(H,25,30)(H,27,31). The molecule has 4 N–H and O–H groups in total. The van der Waals surface area contributed by atoms with E-state index in [1.807, 2.05) is 4.72 Å². The fourth-order valence-corrected chi connectivity index (χ4v) is 4.96. The number of amides is 3. The predicted molar refractivity (Wildman–Crippen MR) is 125 cm³/mol. The van der Waals surface area contributed by atoms with Crippen LogP contribution in [0.5, 0.6) is 0 Å². The highest BCUT2D eigenvalue weighted by Crippen LogP contribution is 2.29. The van der Waals surface area contributed by atoms with Crippen molar-refractivity contribution in [1.82, 2.24) is 23.9 Å². The number of anilines is 1. The number of aromatic nitrogens is 2. The van der Waals surface area contributed by atoms with Gasteiger partial charge in [-0.2, -0.15) is 12.4 Å². The fourth-order valence-electron chi connectivity index (χ4n) is 3.83. The van der Waals surface area contributed by atoms with Gasteiger partial charge in [-0.1, -0.05) is 18.2 Å². The second-order valence-corrected chi connectivity index (χ2v) is 9.25. The summed E-state index contributed by atoms with van der Waals surface area (Å²) in [7, 11) is -2.97. The molecule has 0 bridgehead atoms. The molecule has 0 saturated carbocycles. The molecule has 0 spiro atoms. The van der Waals surface area contributed by atoms with Crippen LogP contribution in [-0.2, 0) is 15.0 Å². The van der Waals surface area contributed by atoms with Crippen LogP contribution in [-0.4, -0.2) is 54.3 Å². The van der Waals surface area contributed by atoms with Crippen molar-refractivity contribution in [1.29, 1.82) is 0 Å². The Morgan fingerprint density at radius 3 is 2.50 bits per heavy atom. The molecule has 1 fully saturated rings. The first-order valence-corrected chi connectivity index (χ1v) is 11.9. The van der Waals surface area contributed by atoms with E-state index in [-0.39, 0.29) is 17.0 Å². The van der Waals surface area contributed by atoms with Crippen LogP contribution in [0.3, 0.4) is 0 Å². The largest absolute Gasteiger partial charge is 0.368 e. The molecule has 4 rings (SSSR count). The lowest BCUT2D eigenvalue weighted by molar-refractivity contribution is -0.116. The molecule has 34 heavy (non-hydrogen) atoms. The zero-order valence-corrected chi connectivity index (χ0v) is 19.1. The van der Waals surface area contributed by atoms with Crippen LogP contribution >= 0.6 is 0 Å². The summed E-state index contributed by atoms with van der Waals surface area (Å²) in [6.45, 7) is 0.930. The van der Waals surface area contributed by atoms with E-state index in [4.69, 9.17) is 5.73 Å². The zero-order valence-electron chi connectivity index (χ0n) is 18.3. The first-order valence-electron chi connectivity index (χ1n) is 10.5. The van der Waals surface area contributed by atoms with Gasteiger partial charge in [0, 0.05) is 26.2 Å². The van der Waals surface area contributed by atoms with Gasteiger partial charge >= 0.3 is 16.2 Å².